The van der Waals surface area contributed by atoms with E-state index in [0.29, 0.717) is 15.8 Å². The number of rotatable bonds is 3. The van der Waals surface area contributed by atoms with Crippen LogP contribution in [0.4, 0.5) is 0 Å². The Morgan fingerprint density at radius 2 is 2.11 bits per heavy atom. The van der Waals surface area contributed by atoms with Crippen LogP contribution in [0.1, 0.15) is 6.42 Å². The van der Waals surface area contributed by atoms with Crippen LogP contribution in [-0.4, -0.2) is 43.6 Å². The average molecular weight is 303 g/mol. The molecule has 0 spiro atoms. The summed E-state index contributed by atoms with van der Waals surface area (Å²) in [5.41, 5.74) is 0. The van der Waals surface area contributed by atoms with Gasteiger partial charge in [0.15, 0.2) is 6.61 Å². The molecule has 6 heteroatoms. The highest BCUT2D eigenvalue weighted by Crippen LogP contribution is 2.26. The molecule has 0 bridgehead atoms. The minimum absolute atomic E-state index is 0.00484. The first-order chi connectivity index (χ1) is 9.16. The molecule has 0 atom stereocenters. The molecule has 0 unspecified atom stereocenters. The summed E-state index contributed by atoms with van der Waals surface area (Å²) in [5, 5.41) is 4.15. The third kappa shape index (κ3) is 4.27. The van der Waals surface area contributed by atoms with Gasteiger partial charge in [0.1, 0.15) is 5.75 Å². The number of ether oxygens (including phenoxy) is 1. The largest absolute Gasteiger partial charge is 0.484 e. The van der Waals surface area contributed by atoms with E-state index in [1.807, 2.05) is 4.90 Å². The molecular weight excluding hydrogens is 287 g/mol. The fourth-order valence-electron chi connectivity index (χ4n) is 1.90. The number of amides is 1. The maximum Gasteiger partial charge on any atom is 0.260 e. The van der Waals surface area contributed by atoms with Gasteiger partial charge in [0.2, 0.25) is 0 Å². The summed E-state index contributed by atoms with van der Waals surface area (Å²) in [6.07, 6.45) is 0.971. The molecular formula is C13H16Cl2N2O2. The van der Waals surface area contributed by atoms with Crippen molar-refractivity contribution >= 4 is 29.1 Å². The summed E-state index contributed by atoms with van der Waals surface area (Å²) in [6, 6.07) is 4.96. The highest BCUT2D eigenvalue weighted by molar-refractivity contribution is 6.42. The summed E-state index contributed by atoms with van der Waals surface area (Å²) in [7, 11) is 0. The minimum Gasteiger partial charge on any atom is -0.484 e. The molecule has 0 aromatic heterocycles. The smallest absolute Gasteiger partial charge is 0.260 e. The van der Waals surface area contributed by atoms with Crippen LogP contribution < -0.4 is 10.1 Å². The topological polar surface area (TPSA) is 41.6 Å². The molecule has 1 aliphatic rings. The van der Waals surface area contributed by atoms with Crippen molar-refractivity contribution in [3.63, 3.8) is 0 Å². The van der Waals surface area contributed by atoms with E-state index < -0.39 is 0 Å². The van der Waals surface area contributed by atoms with E-state index in [9.17, 15) is 4.79 Å². The second-order valence-corrected chi connectivity index (χ2v) is 5.16. The number of halogens is 2. The van der Waals surface area contributed by atoms with Gasteiger partial charge in [0.05, 0.1) is 10.0 Å². The first-order valence-corrected chi connectivity index (χ1v) is 6.99. The molecule has 0 radical (unpaired) electrons. The maximum absolute atomic E-state index is 12.0. The Morgan fingerprint density at radius 3 is 2.89 bits per heavy atom. The Hall–Kier alpha value is -0.970. The second-order valence-electron chi connectivity index (χ2n) is 4.35. The van der Waals surface area contributed by atoms with Crippen LogP contribution in [0.25, 0.3) is 0 Å². The zero-order valence-corrected chi connectivity index (χ0v) is 12.0. The van der Waals surface area contributed by atoms with Crippen LogP contribution in [0.5, 0.6) is 5.75 Å². The third-order valence-corrected chi connectivity index (χ3v) is 3.69. The molecule has 104 valence electrons. The van der Waals surface area contributed by atoms with Gasteiger partial charge in [-0.15, -0.1) is 0 Å². The van der Waals surface area contributed by atoms with Crippen LogP contribution in [0.3, 0.4) is 0 Å². The molecule has 2 rings (SSSR count). The van der Waals surface area contributed by atoms with Crippen LogP contribution >= 0.6 is 23.2 Å². The predicted octanol–water partition coefficient (Wildman–Crippen LogP) is 2.19. The molecule has 1 amide bonds. The van der Waals surface area contributed by atoms with E-state index in [0.717, 1.165) is 32.6 Å². The van der Waals surface area contributed by atoms with E-state index in [-0.39, 0.29) is 12.5 Å². The van der Waals surface area contributed by atoms with Crippen molar-refractivity contribution in [1.29, 1.82) is 0 Å². The number of carbonyl (C=O) groups excluding carboxylic acids is 1. The lowest BCUT2D eigenvalue weighted by molar-refractivity contribution is -0.133. The number of carbonyl (C=O) groups is 1. The Kier molecular flexibility index (Phi) is 5.31. The van der Waals surface area contributed by atoms with E-state index in [1.165, 1.54) is 0 Å². The van der Waals surface area contributed by atoms with Crippen molar-refractivity contribution < 1.29 is 9.53 Å². The number of hydrogen-bond acceptors (Lipinski definition) is 3. The van der Waals surface area contributed by atoms with Crippen LogP contribution in [-0.2, 0) is 4.79 Å². The molecule has 1 heterocycles. The van der Waals surface area contributed by atoms with Gasteiger partial charge in [0.25, 0.3) is 5.91 Å². The quantitative estimate of drug-likeness (QED) is 0.931. The summed E-state index contributed by atoms with van der Waals surface area (Å²) in [5.74, 6) is 0.547. The zero-order chi connectivity index (χ0) is 13.7. The van der Waals surface area contributed by atoms with E-state index in [2.05, 4.69) is 5.32 Å². The Bertz CT molecular complexity index is 446. The zero-order valence-electron chi connectivity index (χ0n) is 10.5. The SMILES string of the molecule is O=C(COc1ccc(Cl)c(Cl)c1)N1CCCNCC1. The lowest BCUT2D eigenvalue weighted by atomic mass is 10.3. The summed E-state index contributed by atoms with van der Waals surface area (Å²) < 4.78 is 5.44. The minimum atomic E-state index is -0.00484. The van der Waals surface area contributed by atoms with Crippen molar-refractivity contribution in [1.82, 2.24) is 10.2 Å². The van der Waals surface area contributed by atoms with Gasteiger partial charge < -0.3 is 15.0 Å². The number of nitrogens with zero attached hydrogens (tertiary/aromatic N) is 1. The molecule has 4 nitrogen and oxygen atoms in total. The van der Waals surface area contributed by atoms with Crippen molar-refractivity contribution in [3.8, 4) is 5.75 Å². The first kappa shape index (κ1) is 14.4. The number of nitrogens with one attached hydrogen (secondary N) is 1. The fraction of sp³-hybridized carbons (Fsp3) is 0.462. The van der Waals surface area contributed by atoms with Crippen molar-refractivity contribution in [2.45, 2.75) is 6.42 Å². The van der Waals surface area contributed by atoms with Gasteiger partial charge in [-0.3, -0.25) is 4.79 Å². The number of benzene rings is 1. The third-order valence-electron chi connectivity index (χ3n) is 2.95. The number of hydrogen-bond donors (Lipinski definition) is 1. The van der Waals surface area contributed by atoms with E-state index in [4.69, 9.17) is 27.9 Å². The molecule has 1 N–H and O–H groups in total. The molecule has 1 aromatic rings. The Morgan fingerprint density at radius 1 is 1.26 bits per heavy atom. The van der Waals surface area contributed by atoms with Gasteiger partial charge in [-0.2, -0.15) is 0 Å². The lowest BCUT2D eigenvalue weighted by Gasteiger charge is -2.20. The highest BCUT2D eigenvalue weighted by atomic mass is 35.5. The molecule has 0 saturated carbocycles. The van der Waals surface area contributed by atoms with Crippen LogP contribution in [0, 0.1) is 0 Å². The van der Waals surface area contributed by atoms with Gasteiger partial charge >= 0.3 is 0 Å². The first-order valence-electron chi connectivity index (χ1n) is 6.23. The normalized spacial score (nSPS) is 16.0. The Balaban J connectivity index is 1.86. The highest BCUT2D eigenvalue weighted by Gasteiger charge is 2.15. The Labute approximate surface area is 122 Å². The van der Waals surface area contributed by atoms with Crippen molar-refractivity contribution in [3.05, 3.63) is 28.2 Å². The predicted molar refractivity (Wildman–Crippen MR) is 76.0 cm³/mol. The van der Waals surface area contributed by atoms with Gasteiger partial charge in [0, 0.05) is 25.7 Å². The molecule has 1 aromatic carbocycles. The fourth-order valence-corrected chi connectivity index (χ4v) is 2.19. The summed E-state index contributed by atoms with van der Waals surface area (Å²) >= 11 is 11.7. The van der Waals surface area contributed by atoms with Crippen molar-refractivity contribution in [2.24, 2.45) is 0 Å². The van der Waals surface area contributed by atoms with Crippen molar-refractivity contribution in [2.75, 3.05) is 32.8 Å². The van der Waals surface area contributed by atoms with E-state index >= 15 is 0 Å². The molecule has 1 fully saturated rings. The molecule has 1 saturated heterocycles. The second kappa shape index (κ2) is 6.98. The lowest BCUT2D eigenvalue weighted by Crippen LogP contribution is -2.37. The average Bonchev–Trinajstić information content (AvgIpc) is 2.69. The van der Waals surface area contributed by atoms with Crippen LogP contribution in [0.15, 0.2) is 18.2 Å². The standard InChI is InChI=1S/C13H16Cl2N2O2/c14-11-3-2-10(8-12(11)15)19-9-13(18)17-6-1-4-16-5-7-17/h2-3,8,16H,1,4-7,9H2. The maximum atomic E-state index is 12.0. The van der Waals surface area contributed by atoms with Crippen LogP contribution in [0.2, 0.25) is 10.0 Å². The molecule has 0 aliphatic carbocycles. The summed E-state index contributed by atoms with van der Waals surface area (Å²) in [4.78, 5) is 13.8. The summed E-state index contributed by atoms with van der Waals surface area (Å²) in [6.45, 7) is 3.31. The van der Waals surface area contributed by atoms with Gasteiger partial charge in [-0.1, -0.05) is 23.2 Å². The van der Waals surface area contributed by atoms with Gasteiger partial charge in [-0.05, 0) is 25.1 Å². The van der Waals surface area contributed by atoms with E-state index in [1.54, 1.807) is 18.2 Å². The van der Waals surface area contributed by atoms with Gasteiger partial charge in [-0.25, -0.2) is 0 Å². The molecule has 19 heavy (non-hydrogen) atoms. The monoisotopic (exact) mass is 302 g/mol. The molecule has 1 aliphatic heterocycles.